The van der Waals surface area contributed by atoms with Crippen LogP contribution in [-0.4, -0.2) is 27.4 Å². The molecule has 3 rings (SSSR count). The number of carbonyl (C=O) groups excluding carboxylic acids is 1. The number of hydrogen-bond acceptors (Lipinski definition) is 5. The van der Waals surface area contributed by atoms with Crippen molar-refractivity contribution in [2.24, 2.45) is 11.8 Å². The molecule has 4 atom stereocenters. The molecule has 2 aromatic rings. The summed E-state index contributed by atoms with van der Waals surface area (Å²) < 4.78 is 18.6. The van der Waals surface area contributed by atoms with E-state index < -0.39 is 0 Å². The summed E-state index contributed by atoms with van der Waals surface area (Å²) in [5.41, 5.74) is 0.646. The molecule has 0 bridgehead atoms. The molecule has 1 aliphatic carbocycles. The largest absolute Gasteiger partial charge is 0.411 e. The zero-order valence-electron chi connectivity index (χ0n) is 15.2. The van der Waals surface area contributed by atoms with E-state index in [4.69, 9.17) is 4.42 Å². The first-order valence-corrected chi connectivity index (χ1v) is 9.88. The molecule has 1 aromatic heterocycles. The number of hydrogen-bond donors (Lipinski definition) is 1. The van der Waals surface area contributed by atoms with Gasteiger partial charge in [-0.25, -0.2) is 4.39 Å². The van der Waals surface area contributed by atoms with E-state index in [1.165, 1.54) is 30.3 Å². The number of halogens is 1. The minimum absolute atomic E-state index is 0.0116. The first-order valence-electron chi connectivity index (χ1n) is 9.00. The van der Waals surface area contributed by atoms with Gasteiger partial charge in [0, 0.05) is 11.6 Å². The van der Waals surface area contributed by atoms with E-state index in [-0.39, 0.29) is 23.0 Å². The van der Waals surface area contributed by atoms with E-state index in [0.29, 0.717) is 28.5 Å². The summed E-state index contributed by atoms with van der Waals surface area (Å²) in [4.78, 5) is 12.5. The van der Waals surface area contributed by atoms with Crippen molar-refractivity contribution in [3.63, 3.8) is 0 Å². The van der Waals surface area contributed by atoms with Gasteiger partial charge in [-0.15, -0.1) is 10.2 Å². The van der Waals surface area contributed by atoms with Crippen LogP contribution in [0.3, 0.4) is 0 Å². The number of benzene rings is 1. The molecule has 0 radical (unpaired) electrons. The molecule has 140 valence electrons. The van der Waals surface area contributed by atoms with E-state index in [1.807, 2.05) is 6.92 Å². The minimum atomic E-state index is -0.332. The van der Waals surface area contributed by atoms with E-state index in [9.17, 15) is 9.18 Å². The third-order valence-electron chi connectivity index (χ3n) is 5.18. The first kappa shape index (κ1) is 18.9. The Labute approximate surface area is 157 Å². The van der Waals surface area contributed by atoms with Crippen molar-refractivity contribution in [3.05, 3.63) is 30.1 Å². The second-order valence-corrected chi connectivity index (χ2v) is 8.31. The number of aromatic nitrogens is 2. The molecule has 0 unspecified atom stereocenters. The second-order valence-electron chi connectivity index (χ2n) is 7.02. The molecule has 1 aliphatic rings. The van der Waals surface area contributed by atoms with Crippen molar-refractivity contribution in [1.82, 2.24) is 15.5 Å². The predicted molar refractivity (Wildman–Crippen MR) is 99.1 cm³/mol. The zero-order valence-corrected chi connectivity index (χ0v) is 16.1. The quantitative estimate of drug-likeness (QED) is 0.787. The van der Waals surface area contributed by atoms with Crippen LogP contribution >= 0.6 is 11.8 Å². The van der Waals surface area contributed by atoms with E-state index in [0.717, 1.165) is 12.8 Å². The van der Waals surface area contributed by atoms with Crippen molar-refractivity contribution in [2.75, 3.05) is 0 Å². The maximum atomic E-state index is 13.0. The zero-order chi connectivity index (χ0) is 18.7. The topological polar surface area (TPSA) is 68.0 Å². The highest BCUT2D eigenvalue weighted by molar-refractivity contribution is 8.00. The Morgan fingerprint density at radius 2 is 2.00 bits per heavy atom. The lowest BCUT2D eigenvalue weighted by Crippen LogP contribution is -2.46. The Hall–Kier alpha value is -1.89. The van der Waals surface area contributed by atoms with Gasteiger partial charge < -0.3 is 9.73 Å². The molecule has 0 aliphatic heterocycles. The van der Waals surface area contributed by atoms with Crippen molar-refractivity contribution in [3.8, 4) is 11.5 Å². The highest BCUT2D eigenvalue weighted by Crippen LogP contribution is 2.30. The summed E-state index contributed by atoms with van der Waals surface area (Å²) in [6, 6.07) is 6.08. The summed E-state index contributed by atoms with van der Waals surface area (Å²) in [5, 5.41) is 11.1. The van der Waals surface area contributed by atoms with Crippen LogP contribution in [0.5, 0.6) is 0 Å². The molecule has 26 heavy (non-hydrogen) atoms. The molecule has 0 spiro atoms. The van der Waals surface area contributed by atoms with Crippen LogP contribution in [0.25, 0.3) is 11.5 Å². The van der Waals surface area contributed by atoms with Crippen LogP contribution in [0, 0.1) is 17.7 Å². The standard InChI is InChI=1S/C19H24FN3O2S/c1-11-5-4-6-16(12(11)2)21-17(24)13(3)26-19-23-22-18(25-19)14-7-9-15(20)10-8-14/h7-13,16H,4-6H2,1-3H3,(H,21,24)/t11-,12+,13+,16-/m1/s1. The smallest absolute Gasteiger partial charge is 0.277 e. The lowest BCUT2D eigenvalue weighted by atomic mass is 9.78. The van der Waals surface area contributed by atoms with Gasteiger partial charge in [0.1, 0.15) is 5.82 Å². The molecule has 5 nitrogen and oxygen atoms in total. The molecular formula is C19H24FN3O2S. The van der Waals surface area contributed by atoms with Crippen molar-refractivity contribution in [1.29, 1.82) is 0 Å². The van der Waals surface area contributed by atoms with Crippen molar-refractivity contribution in [2.45, 2.75) is 56.5 Å². The van der Waals surface area contributed by atoms with Gasteiger partial charge in [-0.05, 0) is 49.4 Å². The Morgan fingerprint density at radius 3 is 2.73 bits per heavy atom. The molecule has 0 saturated heterocycles. The third kappa shape index (κ3) is 4.44. The minimum Gasteiger partial charge on any atom is -0.411 e. The van der Waals surface area contributed by atoms with Gasteiger partial charge in [-0.3, -0.25) is 4.79 Å². The van der Waals surface area contributed by atoms with Gasteiger partial charge in [0.15, 0.2) is 0 Å². The molecule has 1 N–H and O–H groups in total. The summed E-state index contributed by atoms with van der Waals surface area (Å²) in [6.07, 6.45) is 3.42. The highest BCUT2D eigenvalue weighted by atomic mass is 32.2. The van der Waals surface area contributed by atoms with Crippen LogP contribution < -0.4 is 5.32 Å². The fourth-order valence-electron chi connectivity index (χ4n) is 3.26. The van der Waals surface area contributed by atoms with Gasteiger partial charge in [0.2, 0.25) is 11.8 Å². The van der Waals surface area contributed by atoms with Crippen LogP contribution in [0.15, 0.2) is 33.9 Å². The normalized spacial score (nSPS) is 24.2. The first-order chi connectivity index (χ1) is 12.4. The van der Waals surface area contributed by atoms with Crippen LogP contribution in [0.1, 0.15) is 40.0 Å². The third-order valence-corrected chi connectivity index (χ3v) is 6.11. The Morgan fingerprint density at radius 1 is 1.27 bits per heavy atom. The monoisotopic (exact) mass is 377 g/mol. The number of amides is 1. The fraction of sp³-hybridized carbons (Fsp3) is 0.526. The Kier molecular flexibility index (Phi) is 5.96. The number of nitrogens with one attached hydrogen (secondary N) is 1. The molecule has 1 heterocycles. The van der Waals surface area contributed by atoms with Gasteiger partial charge in [-0.1, -0.05) is 38.5 Å². The summed E-state index contributed by atoms with van der Waals surface area (Å²) in [5.74, 6) is 1.10. The average molecular weight is 377 g/mol. The maximum absolute atomic E-state index is 13.0. The Bertz CT molecular complexity index is 749. The number of rotatable bonds is 5. The predicted octanol–water partition coefficient (Wildman–Crippen LogP) is 4.30. The maximum Gasteiger partial charge on any atom is 0.277 e. The van der Waals surface area contributed by atoms with E-state index in [2.05, 4.69) is 29.4 Å². The number of nitrogens with zero attached hydrogens (tertiary/aromatic N) is 2. The van der Waals surface area contributed by atoms with Gasteiger partial charge in [0.25, 0.3) is 5.22 Å². The van der Waals surface area contributed by atoms with E-state index in [1.54, 1.807) is 12.1 Å². The molecule has 1 fully saturated rings. The van der Waals surface area contributed by atoms with E-state index >= 15 is 0 Å². The molecular weight excluding hydrogens is 353 g/mol. The summed E-state index contributed by atoms with van der Waals surface area (Å²) >= 11 is 1.23. The number of thioether (sulfide) groups is 1. The highest BCUT2D eigenvalue weighted by Gasteiger charge is 2.29. The molecule has 1 amide bonds. The lowest BCUT2D eigenvalue weighted by molar-refractivity contribution is -0.121. The number of carbonyl (C=O) groups is 1. The summed E-state index contributed by atoms with van der Waals surface area (Å²) in [6.45, 7) is 6.29. The SMILES string of the molecule is C[C@H]1[C@H](C)CCC[C@H]1NC(=O)[C@H](C)Sc1nnc(-c2ccc(F)cc2)o1. The van der Waals surface area contributed by atoms with Crippen LogP contribution in [-0.2, 0) is 4.79 Å². The summed E-state index contributed by atoms with van der Waals surface area (Å²) in [7, 11) is 0. The molecule has 1 aromatic carbocycles. The second kappa shape index (κ2) is 8.20. The fourth-order valence-corrected chi connectivity index (χ4v) is 3.95. The molecule has 7 heteroatoms. The van der Waals surface area contributed by atoms with Gasteiger partial charge in [-0.2, -0.15) is 0 Å². The Balaban J connectivity index is 1.58. The van der Waals surface area contributed by atoms with Gasteiger partial charge >= 0.3 is 0 Å². The van der Waals surface area contributed by atoms with Crippen molar-refractivity contribution >= 4 is 17.7 Å². The van der Waals surface area contributed by atoms with Crippen LogP contribution in [0.2, 0.25) is 0 Å². The van der Waals surface area contributed by atoms with Crippen LogP contribution in [0.4, 0.5) is 4.39 Å². The lowest BCUT2D eigenvalue weighted by Gasteiger charge is -2.35. The molecule has 1 saturated carbocycles. The van der Waals surface area contributed by atoms with Crippen molar-refractivity contribution < 1.29 is 13.6 Å². The van der Waals surface area contributed by atoms with Gasteiger partial charge in [0.05, 0.1) is 5.25 Å². The average Bonchev–Trinajstić information content (AvgIpc) is 3.08.